The molecule has 0 radical (unpaired) electrons. The number of rotatable bonds is 4. The molecule has 2 aromatic rings. The van der Waals surface area contributed by atoms with Crippen LogP contribution in [-0.4, -0.2) is 40.5 Å². The number of carbonyl (C=O) groups is 2. The topological polar surface area (TPSA) is 84.7 Å². The SMILES string of the molecule is Cc1cccc(OCc2c(C(=O)N3CCC4(CCC(=O)N4)CC3)noc2C)c1. The first-order valence-electron chi connectivity index (χ1n) is 9.71. The fourth-order valence-electron chi connectivity index (χ4n) is 4.03. The summed E-state index contributed by atoms with van der Waals surface area (Å²) in [5, 5.41) is 7.10. The van der Waals surface area contributed by atoms with Crippen molar-refractivity contribution in [2.45, 2.75) is 51.7 Å². The van der Waals surface area contributed by atoms with Gasteiger partial charge in [0.05, 0.1) is 5.56 Å². The number of nitrogens with one attached hydrogen (secondary N) is 1. The van der Waals surface area contributed by atoms with E-state index in [2.05, 4.69) is 10.5 Å². The summed E-state index contributed by atoms with van der Waals surface area (Å²) in [7, 11) is 0. The lowest BCUT2D eigenvalue weighted by atomic mass is 9.86. The van der Waals surface area contributed by atoms with Crippen LogP contribution in [0.4, 0.5) is 0 Å². The first-order chi connectivity index (χ1) is 13.5. The molecule has 0 unspecified atom stereocenters. The lowest BCUT2D eigenvalue weighted by Gasteiger charge is -2.39. The van der Waals surface area contributed by atoms with E-state index >= 15 is 0 Å². The van der Waals surface area contributed by atoms with Gasteiger partial charge in [-0.2, -0.15) is 0 Å². The molecule has 2 amide bonds. The first kappa shape index (κ1) is 18.5. The van der Waals surface area contributed by atoms with E-state index in [1.807, 2.05) is 31.2 Å². The number of nitrogens with zero attached hydrogens (tertiary/aromatic N) is 2. The van der Waals surface area contributed by atoms with Crippen LogP contribution in [0.15, 0.2) is 28.8 Å². The van der Waals surface area contributed by atoms with E-state index in [1.54, 1.807) is 11.8 Å². The van der Waals surface area contributed by atoms with Crippen molar-refractivity contribution in [1.82, 2.24) is 15.4 Å². The average molecular weight is 383 g/mol. The number of hydrogen-bond donors (Lipinski definition) is 1. The number of piperidine rings is 1. The number of amides is 2. The zero-order chi connectivity index (χ0) is 19.7. The molecule has 148 valence electrons. The molecule has 0 atom stereocenters. The van der Waals surface area contributed by atoms with Crippen LogP contribution in [0, 0.1) is 13.8 Å². The van der Waals surface area contributed by atoms with Gasteiger partial charge in [0.25, 0.3) is 5.91 Å². The number of hydrogen-bond acceptors (Lipinski definition) is 5. The third-order valence-corrected chi connectivity index (χ3v) is 5.80. The fourth-order valence-corrected chi connectivity index (χ4v) is 4.03. The number of ether oxygens (including phenoxy) is 1. The van der Waals surface area contributed by atoms with Crippen molar-refractivity contribution in [1.29, 1.82) is 0 Å². The summed E-state index contributed by atoms with van der Waals surface area (Å²) in [6.07, 6.45) is 2.98. The van der Waals surface area contributed by atoms with Crippen molar-refractivity contribution in [2.75, 3.05) is 13.1 Å². The predicted octanol–water partition coefficient (Wildman–Crippen LogP) is 2.76. The van der Waals surface area contributed by atoms with Crippen LogP contribution >= 0.6 is 0 Å². The Hall–Kier alpha value is -2.83. The van der Waals surface area contributed by atoms with E-state index in [1.165, 1.54) is 0 Å². The molecule has 2 aliphatic rings. The van der Waals surface area contributed by atoms with Crippen LogP contribution in [0.3, 0.4) is 0 Å². The maximum absolute atomic E-state index is 13.0. The van der Waals surface area contributed by atoms with E-state index < -0.39 is 0 Å². The lowest BCUT2D eigenvalue weighted by Crippen LogP contribution is -2.52. The van der Waals surface area contributed by atoms with E-state index in [0.717, 1.165) is 30.6 Å². The minimum Gasteiger partial charge on any atom is -0.489 e. The van der Waals surface area contributed by atoms with Crippen LogP contribution < -0.4 is 10.1 Å². The van der Waals surface area contributed by atoms with Gasteiger partial charge < -0.3 is 19.5 Å². The molecule has 7 heteroatoms. The molecule has 2 aliphatic heterocycles. The van der Waals surface area contributed by atoms with Gasteiger partial charge in [-0.05, 0) is 50.8 Å². The Labute approximate surface area is 164 Å². The first-order valence-corrected chi connectivity index (χ1v) is 9.71. The molecule has 0 saturated carbocycles. The Kier molecular flexibility index (Phi) is 4.83. The number of benzene rings is 1. The smallest absolute Gasteiger partial charge is 0.276 e. The van der Waals surface area contributed by atoms with Gasteiger partial charge >= 0.3 is 0 Å². The quantitative estimate of drug-likeness (QED) is 0.878. The van der Waals surface area contributed by atoms with Crippen LogP contribution in [0.1, 0.15) is 53.1 Å². The van der Waals surface area contributed by atoms with Gasteiger partial charge in [0, 0.05) is 25.0 Å². The summed E-state index contributed by atoms with van der Waals surface area (Å²) < 4.78 is 11.2. The number of likely N-dealkylation sites (tertiary alicyclic amines) is 1. The molecule has 1 spiro atoms. The Morgan fingerprint density at radius 1 is 1.29 bits per heavy atom. The highest BCUT2D eigenvalue weighted by Crippen LogP contribution is 2.32. The standard InChI is InChI=1S/C21H25N3O4/c1-14-4-3-5-16(12-14)27-13-17-15(2)28-23-19(17)20(26)24-10-8-21(9-11-24)7-6-18(25)22-21/h3-5,12H,6-11,13H2,1-2H3,(H,22,25). The molecular formula is C21H25N3O4. The van der Waals surface area contributed by atoms with Crippen LogP contribution in [0.25, 0.3) is 0 Å². The van der Waals surface area contributed by atoms with Crippen molar-refractivity contribution in [3.63, 3.8) is 0 Å². The molecule has 28 heavy (non-hydrogen) atoms. The van der Waals surface area contributed by atoms with Gasteiger partial charge in [-0.3, -0.25) is 9.59 Å². The summed E-state index contributed by atoms with van der Waals surface area (Å²) in [4.78, 5) is 26.4. The molecule has 0 aliphatic carbocycles. The minimum absolute atomic E-state index is 0.113. The molecule has 1 N–H and O–H groups in total. The summed E-state index contributed by atoms with van der Waals surface area (Å²) in [6.45, 7) is 5.22. The fraction of sp³-hybridized carbons (Fsp3) is 0.476. The van der Waals surface area contributed by atoms with Crippen LogP contribution in [0.2, 0.25) is 0 Å². The number of aryl methyl sites for hydroxylation is 2. The third kappa shape index (κ3) is 3.61. The van der Waals surface area contributed by atoms with Gasteiger partial charge in [-0.25, -0.2) is 0 Å². The summed E-state index contributed by atoms with van der Waals surface area (Å²) >= 11 is 0. The zero-order valence-electron chi connectivity index (χ0n) is 16.3. The highest BCUT2D eigenvalue weighted by atomic mass is 16.5. The number of carbonyl (C=O) groups excluding carboxylic acids is 2. The second-order valence-corrected chi connectivity index (χ2v) is 7.79. The monoisotopic (exact) mass is 383 g/mol. The molecule has 7 nitrogen and oxygen atoms in total. The van der Waals surface area contributed by atoms with E-state index in [9.17, 15) is 9.59 Å². The largest absolute Gasteiger partial charge is 0.489 e. The van der Waals surface area contributed by atoms with Crippen molar-refractivity contribution in [3.8, 4) is 5.75 Å². The molecule has 1 aromatic heterocycles. The summed E-state index contributed by atoms with van der Waals surface area (Å²) in [6, 6.07) is 7.77. The van der Waals surface area contributed by atoms with Gasteiger partial charge in [-0.15, -0.1) is 0 Å². The zero-order valence-corrected chi connectivity index (χ0v) is 16.3. The third-order valence-electron chi connectivity index (χ3n) is 5.80. The molecule has 2 saturated heterocycles. The van der Waals surface area contributed by atoms with Gasteiger partial charge in [-0.1, -0.05) is 17.3 Å². The highest BCUT2D eigenvalue weighted by Gasteiger charge is 2.41. The van der Waals surface area contributed by atoms with Crippen molar-refractivity contribution < 1.29 is 18.8 Å². The maximum Gasteiger partial charge on any atom is 0.276 e. The second kappa shape index (κ2) is 7.30. The van der Waals surface area contributed by atoms with Gasteiger partial charge in [0.1, 0.15) is 18.1 Å². The van der Waals surface area contributed by atoms with E-state index in [-0.39, 0.29) is 24.0 Å². The Bertz CT molecular complexity index is 897. The van der Waals surface area contributed by atoms with Crippen LogP contribution in [0.5, 0.6) is 5.75 Å². The minimum atomic E-state index is -0.140. The summed E-state index contributed by atoms with van der Waals surface area (Å²) in [5.41, 5.74) is 1.97. The molecule has 1 aromatic carbocycles. The normalized spacial score (nSPS) is 18.4. The molecule has 4 rings (SSSR count). The molecule has 2 fully saturated rings. The molecule has 3 heterocycles. The Morgan fingerprint density at radius 3 is 2.75 bits per heavy atom. The van der Waals surface area contributed by atoms with Crippen molar-refractivity contribution >= 4 is 11.8 Å². The Morgan fingerprint density at radius 2 is 2.07 bits per heavy atom. The predicted molar refractivity (Wildman–Crippen MR) is 102 cm³/mol. The second-order valence-electron chi connectivity index (χ2n) is 7.79. The van der Waals surface area contributed by atoms with E-state index in [0.29, 0.717) is 36.5 Å². The number of aromatic nitrogens is 1. The van der Waals surface area contributed by atoms with Crippen molar-refractivity contribution in [3.05, 3.63) is 46.8 Å². The average Bonchev–Trinajstić information content (AvgIpc) is 3.23. The lowest BCUT2D eigenvalue weighted by molar-refractivity contribution is -0.120. The molecule has 0 bridgehead atoms. The Balaban J connectivity index is 1.43. The van der Waals surface area contributed by atoms with Gasteiger partial charge in [0.2, 0.25) is 5.91 Å². The van der Waals surface area contributed by atoms with Gasteiger partial charge in [0.15, 0.2) is 5.69 Å². The maximum atomic E-state index is 13.0. The molecular weight excluding hydrogens is 358 g/mol. The summed E-state index contributed by atoms with van der Waals surface area (Å²) in [5.74, 6) is 1.31. The van der Waals surface area contributed by atoms with E-state index in [4.69, 9.17) is 9.26 Å². The van der Waals surface area contributed by atoms with Crippen LogP contribution in [-0.2, 0) is 11.4 Å². The van der Waals surface area contributed by atoms with Crippen molar-refractivity contribution in [2.24, 2.45) is 0 Å². The highest BCUT2D eigenvalue weighted by molar-refractivity contribution is 5.94.